The van der Waals surface area contributed by atoms with Crippen LogP contribution < -0.4 is 16.0 Å². The maximum absolute atomic E-state index is 12.2. The predicted molar refractivity (Wildman–Crippen MR) is 93.3 cm³/mol. The number of furan rings is 1. The molecular weight excluding hydrogens is 330 g/mol. The summed E-state index contributed by atoms with van der Waals surface area (Å²) >= 11 is 0. The lowest BCUT2D eigenvalue weighted by atomic mass is 10.1. The van der Waals surface area contributed by atoms with Crippen molar-refractivity contribution in [3.8, 4) is 0 Å². The van der Waals surface area contributed by atoms with E-state index in [9.17, 15) is 9.59 Å². The SMILES string of the molecule is Cl.NCCCNC(=O)c1occc1CN1C(=O)Cc2ccccc21. The molecule has 0 aliphatic carbocycles. The van der Waals surface area contributed by atoms with Gasteiger partial charge in [0.1, 0.15) is 0 Å². The molecule has 24 heavy (non-hydrogen) atoms. The molecule has 3 rings (SSSR count). The monoisotopic (exact) mass is 349 g/mol. The average molecular weight is 350 g/mol. The summed E-state index contributed by atoms with van der Waals surface area (Å²) in [4.78, 5) is 26.1. The zero-order valence-electron chi connectivity index (χ0n) is 13.2. The first-order valence-corrected chi connectivity index (χ1v) is 7.63. The molecular formula is C17H20ClN3O3. The van der Waals surface area contributed by atoms with Gasteiger partial charge in [0, 0.05) is 17.8 Å². The molecule has 2 amide bonds. The van der Waals surface area contributed by atoms with Crippen LogP contribution in [-0.2, 0) is 17.8 Å². The topological polar surface area (TPSA) is 88.6 Å². The van der Waals surface area contributed by atoms with E-state index in [4.69, 9.17) is 10.2 Å². The standard InChI is InChI=1S/C17H19N3O3.ClH/c18-7-3-8-19-17(22)16-13(6-9-23-16)11-20-14-5-2-1-4-12(14)10-15(20)21;/h1-2,4-6,9H,3,7-8,10-11,18H2,(H,19,22);1H. The summed E-state index contributed by atoms with van der Waals surface area (Å²) in [5.74, 6) is -0.000487. The molecule has 1 aromatic carbocycles. The maximum Gasteiger partial charge on any atom is 0.287 e. The van der Waals surface area contributed by atoms with Gasteiger partial charge in [-0.05, 0) is 30.7 Å². The highest BCUT2D eigenvalue weighted by atomic mass is 35.5. The number of hydrogen-bond acceptors (Lipinski definition) is 4. The summed E-state index contributed by atoms with van der Waals surface area (Å²) in [7, 11) is 0. The Morgan fingerprint density at radius 3 is 2.88 bits per heavy atom. The van der Waals surface area contributed by atoms with Gasteiger partial charge in [-0.2, -0.15) is 0 Å². The van der Waals surface area contributed by atoms with Crippen molar-refractivity contribution in [1.29, 1.82) is 0 Å². The minimum atomic E-state index is -0.279. The Labute approximate surface area is 146 Å². The number of carbonyl (C=O) groups is 2. The largest absolute Gasteiger partial charge is 0.459 e. The second-order valence-corrected chi connectivity index (χ2v) is 5.46. The molecule has 0 unspecified atom stereocenters. The van der Waals surface area contributed by atoms with Gasteiger partial charge in [-0.25, -0.2) is 0 Å². The highest BCUT2D eigenvalue weighted by Crippen LogP contribution is 2.30. The van der Waals surface area contributed by atoms with E-state index in [0.29, 0.717) is 38.0 Å². The van der Waals surface area contributed by atoms with Crippen LogP contribution in [0.25, 0.3) is 0 Å². The number of amides is 2. The molecule has 128 valence electrons. The number of nitrogens with zero attached hydrogens (tertiary/aromatic N) is 1. The Balaban J connectivity index is 0.00000208. The van der Waals surface area contributed by atoms with E-state index in [0.717, 1.165) is 11.3 Å². The van der Waals surface area contributed by atoms with Crippen LogP contribution in [0.15, 0.2) is 41.0 Å². The van der Waals surface area contributed by atoms with Gasteiger partial charge < -0.3 is 20.4 Å². The number of nitrogens with one attached hydrogen (secondary N) is 1. The summed E-state index contributed by atoms with van der Waals surface area (Å²) in [6, 6.07) is 9.42. The number of benzene rings is 1. The van der Waals surface area contributed by atoms with E-state index >= 15 is 0 Å². The minimum Gasteiger partial charge on any atom is -0.459 e. The highest BCUT2D eigenvalue weighted by molar-refractivity contribution is 6.01. The lowest BCUT2D eigenvalue weighted by Crippen LogP contribution is -2.29. The first kappa shape index (κ1) is 18.0. The normalized spacial score (nSPS) is 12.7. The van der Waals surface area contributed by atoms with Crippen molar-refractivity contribution in [2.45, 2.75) is 19.4 Å². The van der Waals surface area contributed by atoms with Crippen LogP contribution in [0.2, 0.25) is 0 Å². The van der Waals surface area contributed by atoms with Gasteiger partial charge in [0.2, 0.25) is 5.91 Å². The Morgan fingerprint density at radius 1 is 1.29 bits per heavy atom. The van der Waals surface area contributed by atoms with Crippen LogP contribution in [0.4, 0.5) is 5.69 Å². The minimum absolute atomic E-state index is 0. The van der Waals surface area contributed by atoms with Crippen molar-refractivity contribution in [2.24, 2.45) is 5.73 Å². The number of para-hydroxylation sites is 1. The number of nitrogens with two attached hydrogens (primary N) is 1. The van der Waals surface area contributed by atoms with Crippen molar-refractivity contribution in [2.75, 3.05) is 18.0 Å². The third kappa shape index (κ3) is 3.60. The predicted octanol–water partition coefficient (Wildman–Crippen LogP) is 1.87. The molecule has 1 aliphatic rings. The lowest BCUT2D eigenvalue weighted by molar-refractivity contribution is -0.117. The van der Waals surface area contributed by atoms with Gasteiger partial charge in [0.15, 0.2) is 5.76 Å². The molecule has 2 aromatic rings. The van der Waals surface area contributed by atoms with Gasteiger partial charge in [0.05, 0.1) is 19.2 Å². The van der Waals surface area contributed by atoms with Crippen LogP contribution in [-0.4, -0.2) is 24.9 Å². The van der Waals surface area contributed by atoms with E-state index in [1.807, 2.05) is 24.3 Å². The molecule has 0 radical (unpaired) electrons. The maximum atomic E-state index is 12.2. The average Bonchev–Trinajstić information content (AvgIpc) is 3.13. The second-order valence-electron chi connectivity index (χ2n) is 5.46. The van der Waals surface area contributed by atoms with Gasteiger partial charge in [-0.3, -0.25) is 9.59 Å². The molecule has 0 saturated heterocycles. The molecule has 1 aromatic heterocycles. The van der Waals surface area contributed by atoms with E-state index in [-0.39, 0.29) is 30.0 Å². The third-order valence-electron chi connectivity index (χ3n) is 3.87. The van der Waals surface area contributed by atoms with Crippen molar-refractivity contribution < 1.29 is 14.0 Å². The van der Waals surface area contributed by atoms with Gasteiger partial charge in [-0.15, -0.1) is 12.4 Å². The fourth-order valence-electron chi connectivity index (χ4n) is 2.70. The second kappa shape index (κ2) is 7.99. The van der Waals surface area contributed by atoms with E-state index in [2.05, 4.69) is 5.32 Å². The first-order valence-electron chi connectivity index (χ1n) is 7.63. The van der Waals surface area contributed by atoms with Crippen molar-refractivity contribution in [3.05, 3.63) is 53.5 Å². The van der Waals surface area contributed by atoms with E-state index in [1.54, 1.807) is 11.0 Å². The lowest BCUT2D eigenvalue weighted by Gasteiger charge is -2.17. The summed E-state index contributed by atoms with van der Waals surface area (Å²) in [6.45, 7) is 1.34. The Kier molecular flexibility index (Phi) is 6.00. The summed E-state index contributed by atoms with van der Waals surface area (Å²) in [5.41, 5.74) is 8.01. The number of fused-ring (bicyclic) bond motifs is 1. The summed E-state index contributed by atoms with van der Waals surface area (Å²) in [5, 5.41) is 2.77. The van der Waals surface area contributed by atoms with Gasteiger partial charge in [-0.1, -0.05) is 18.2 Å². The number of halogens is 1. The molecule has 0 fully saturated rings. The van der Waals surface area contributed by atoms with Crippen molar-refractivity contribution in [1.82, 2.24) is 5.32 Å². The number of rotatable bonds is 6. The molecule has 3 N–H and O–H groups in total. The fourth-order valence-corrected chi connectivity index (χ4v) is 2.70. The van der Waals surface area contributed by atoms with Crippen LogP contribution in [0.5, 0.6) is 0 Å². The number of anilines is 1. The smallest absolute Gasteiger partial charge is 0.287 e. The summed E-state index contributed by atoms with van der Waals surface area (Å²) < 4.78 is 5.31. The van der Waals surface area contributed by atoms with Crippen molar-refractivity contribution in [3.63, 3.8) is 0 Å². The molecule has 0 spiro atoms. The molecule has 0 bridgehead atoms. The molecule has 0 saturated carbocycles. The number of hydrogen-bond donors (Lipinski definition) is 2. The van der Waals surface area contributed by atoms with Gasteiger partial charge >= 0.3 is 0 Å². The van der Waals surface area contributed by atoms with Crippen LogP contribution >= 0.6 is 12.4 Å². The fraction of sp³-hybridized carbons (Fsp3) is 0.294. The zero-order valence-corrected chi connectivity index (χ0v) is 14.0. The molecule has 6 nitrogen and oxygen atoms in total. The molecule has 0 atom stereocenters. The van der Waals surface area contributed by atoms with Crippen molar-refractivity contribution >= 4 is 29.9 Å². The Bertz CT molecular complexity index is 729. The highest BCUT2D eigenvalue weighted by Gasteiger charge is 2.28. The molecule has 1 aliphatic heterocycles. The van der Waals surface area contributed by atoms with Crippen LogP contribution in [0.1, 0.15) is 28.1 Å². The van der Waals surface area contributed by atoms with Crippen LogP contribution in [0, 0.1) is 0 Å². The zero-order chi connectivity index (χ0) is 16.2. The van der Waals surface area contributed by atoms with Gasteiger partial charge in [0.25, 0.3) is 5.91 Å². The quantitative estimate of drug-likeness (QED) is 0.779. The van der Waals surface area contributed by atoms with Crippen LogP contribution in [0.3, 0.4) is 0 Å². The Morgan fingerprint density at radius 2 is 2.08 bits per heavy atom. The van der Waals surface area contributed by atoms with E-state index in [1.165, 1.54) is 6.26 Å². The first-order chi connectivity index (χ1) is 11.2. The van der Waals surface area contributed by atoms with E-state index < -0.39 is 0 Å². The number of carbonyl (C=O) groups excluding carboxylic acids is 2. The summed E-state index contributed by atoms with van der Waals surface area (Å²) in [6.07, 6.45) is 2.57. The molecule has 7 heteroatoms. The Hall–Kier alpha value is -2.31. The molecule has 2 heterocycles. The third-order valence-corrected chi connectivity index (χ3v) is 3.87.